The first-order valence-electron chi connectivity index (χ1n) is 8.43. The topological polar surface area (TPSA) is 63.9 Å². The molecule has 1 aliphatic heterocycles. The molecule has 1 fully saturated rings. The fourth-order valence-electron chi connectivity index (χ4n) is 3.17. The van der Waals surface area contributed by atoms with E-state index >= 15 is 0 Å². The minimum atomic E-state index is -0.306. The first-order valence-corrected chi connectivity index (χ1v) is 8.43. The maximum absolute atomic E-state index is 12.4. The van der Waals surface area contributed by atoms with Crippen LogP contribution >= 0.6 is 0 Å². The van der Waals surface area contributed by atoms with E-state index < -0.39 is 0 Å². The van der Waals surface area contributed by atoms with E-state index in [-0.39, 0.29) is 11.3 Å². The van der Waals surface area contributed by atoms with Crippen molar-refractivity contribution in [2.24, 2.45) is 18.4 Å². The summed E-state index contributed by atoms with van der Waals surface area (Å²) in [6.45, 7) is 7.60. The molecule has 0 aliphatic carbocycles. The molecule has 0 bridgehead atoms. The van der Waals surface area contributed by atoms with Crippen molar-refractivity contribution in [3.8, 4) is 11.4 Å². The molecule has 128 valence electrons. The van der Waals surface area contributed by atoms with Crippen LogP contribution in [0.2, 0.25) is 0 Å². The fraction of sp³-hybridized carbons (Fsp3) is 0.556. The molecule has 24 heavy (non-hydrogen) atoms. The van der Waals surface area contributed by atoms with Crippen molar-refractivity contribution in [2.45, 2.75) is 33.6 Å². The monoisotopic (exact) mass is 327 g/mol. The molecule has 6 heteroatoms. The number of aryl methyl sites for hydroxylation is 1. The summed E-state index contributed by atoms with van der Waals surface area (Å²) in [5.41, 5.74) is 2.46. The fourth-order valence-corrected chi connectivity index (χ4v) is 3.17. The molecule has 2 aromatic rings. The van der Waals surface area contributed by atoms with E-state index in [1.54, 1.807) is 17.1 Å². The molecule has 0 N–H and O–H groups in total. The molecule has 6 nitrogen and oxygen atoms in total. The van der Waals surface area contributed by atoms with Crippen LogP contribution in [0.25, 0.3) is 11.4 Å². The molecular formula is C18H25N5O. The zero-order chi connectivity index (χ0) is 17.3. The molecule has 0 aromatic carbocycles. The van der Waals surface area contributed by atoms with Gasteiger partial charge in [-0.2, -0.15) is 5.10 Å². The van der Waals surface area contributed by atoms with E-state index in [0.29, 0.717) is 5.92 Å². The second kappa shape index (κ2) is 6.34. The Bertz CT molecular complexity index is 714. The molecule has 1 saturated heterocycles. The first-order chi connectivity index (χ1) is 11.3. The molecule has 0 unspecified atom stereocenters. The number of aromatic nitrogens is 4. The quantitative estimate of drug-likeness (QED) is 0.868. The standard InChI is InChI=1S/C18H25N5O/c1-18(2,3)17(24)23-8-6-13(12-23)9-14-10-20-15(11-19-14)16-5-7-21-22(16)4/h5,7,10-11,13H,6,8-9,12H2,1-4H3/t13-/m0/s1. The largest absolute Gasteiger partial charge is 0.342 e. The van der Waals surface area contributed by atoms with Gasteiger partial charge in [0.25, 0.3) is 0 Å². The van der Waals surface area contributed by atoms with E-state index in [0.717, 1.165) is 43.0 Å². The molecule has 2 aromatic heterocycles. The summed E-state index contributed by atoms with van der Waals surface area (Å²) in [6, 6.07) is 1.93. The van der Waals surface area contributed by atoms with Gasteiger partial charge in [0.05, 0.1) is 17.6 Å². The Kier molecular flexibility index (Phi) is 4.39. The Balaban J connectivity index is 1.61. The predicted molar refractivity (Wildman–Crippen MR) is 92.1 cm³/mol. The second-order valence-electron chi connectivity index (χ2n) is 7.59. The molecule has 1 aliphatic rings. The zero-order valence-corrected chi connectivity index (χ0v) is 14.9. The molecule has 1 atom stereocenters. The molecule has 1 amide bonds. The summed E-state index contributed by atoms with van der Waals surface area (Å²) in [5, 5.41) is 4.15. The highest BCUT2D eigenvalue weighted by Crippen LogP contribution is 2.25. The maximum Gasteiger partial charge on any atom is 0.227 e. The lowest BCUT2D eigenvalue weighted by molar-refractivity contribution is -0.138. The number of likely N-dealkylation sites (tertiary alicyclic amines) is 1. The Labute approximate surface area is 142 Å². The van der Waals surface area contributed by atoms with Crippen molar-refractivity contribution >= 4 is 5.91 Å². The van der Waals surface area contributed by atoms with Gasteiger partial charge in [0.2, 0.25) is 5.91 Å². The van der Waals surface area contributed by atoms with Crippen LogP contribution < -0.4 is 0 Å². The summed E-state index contributed by atoms with van der Waals surface area (Å²) in [6.07, 6.45) is 7.31. The number of nitrogens with zero attached hydrogens (tertiary/aromatic N) is 5. The van der Waals surface area contributed by atoms with Crippen molar-refractivity contribution in [3.63, 3.8) is 0 Å². The molecule has 0 saturated carbocycles. The minimum Gasteiger partial charge on any atom is -0.342 e. The Morgan fingerprint density at radius 1 is 1.29 bits per heavy atom. The highest BCUT2D eigenvalue weighted by atomic mass is 16.2. The SMILES string of the molecule is Cn1nccc1-c1cnc(C[C@@H]2CCN(C(=O)C(C)(C)C)C2)cn1. The van der Waals surface area contributed by atoms with Gasteiger partial charge >= 0.3 is 0 Å². The second-order valence-corrected chi connectivity index (χ2v) is 7.59. The van der Waals surface area contributed by atoms with E-state index in [1.165, 1.54) is 0 Å². The average molecular weight is 327 g/mol. The number of rotatable bonds is 3. The third-order valence-corrected chi connectivity index (χ3v) is 4.50. The number of carbonyl (C=O) groups is 1. The third kappa shape index (κ3) is 3.47. The first kappa shape index (κ1) is 16.6. The van der Waals surface area contributed by atoms with Crippen molar-refractivity contribution in [1.82, 2.24) is 24.6 Å². The molecule has 3 heterocycles. The molecule has 0 radical (unpaired) electrons. The van der Waals surface area contributed by atoms with Gasteiger partial charge in [0.1, 0.15) is 5.69 Å². The van der Waals surface area contributed by atoms with Gasteiger partial charge < -0.3 is 4.90 Å². The van der Waals surface area contributed by atoms with Gasteiger partial charge in [-0.25, -0.2) is 0 Å². The van der Waals surface area contributed by atoms with Gasteiger partial charge in [-0.3, -0.25) is 19.4 Å². The van der Waals surface area contributed by atoms with E-state index in [2.05, 4.69) is 15.1 Å². The number of amides is 1. The van der Waals surface area contributed by atoms with Crippen LogP contribution in [0.1, 0.15) is 32.9 Å². The highest BCUT2D eigenvalue weighted by molar-refractivity contribution is 5.81. The van der Waals surface area contributed by atoms with Gasteiger partial charge in [0, 0.05) is 37.9 Å². The number of hydrogen-bond donors (Lipinski definition) is 0. The van der Waals surface area contributed by atoms with Crippen LogP contribution in [-0.4, -0.2) is 43.6 Å². The van der Waals surface area contributed by atoms with Crippen LogP contribution in [0.4, 0.5) is 0 Å². The Morgan fingerprint density at radius 3 is 2.67 bits per heavy atom. The van der Waals surface area contributed by atoms with Crippen molar-refractivity contribution in [2.75, 3.05) is 13.1 Å². The maximum atomic E-state index is 12.4. The molecule has 0 spiro atoms. The van der Waals surface area contributed by atoms with Crippen LogP contribution in [-0.2, 0) is 18.3 Å². The van der Waals surface area contributed by atoms with Gasteiger partial charge in [-0.05, 0) is 24.8 Å². The van der Waals surface area contributed by atoms with Crippen LogP contribution in [0.15, 0.2) is 24.7 Å². The third-order valence-electron chi connectivity index (χ3n) is 4.50. The van der Waals surface area contributed by atoms with E-state index in [4.69, 9.17) is 0 Å². The smallest absolute Gasteiger partial charge is 0.227 e. The number of carbonyl (C=O) groups excluding carboxylic acids is 1. The summed E-state index contributed by atoms with van der Waals surface area (Å²) >= 11 is 0. The van der Waals surface area contributed by atoms with Crippen molar-refractivity contribution in [1.29, 1.82) is 0 Å². The lowest BCUT2D eigenvalue weighted by atomic mass is 9.95. The molecule has 3 rings (SSSR count). The summed E-state index contributed by atoms with van der Waals surface area (Å²) in [4.78, 5) is 23.4. The Morgan fingerprint density at radius 2 is 2.08 bits per heavy atom. The molecular weight excluding hydrogens is 302 g/mol. The van der Waals surface area contributed by atoms with Gasteiger partial charge in [0.15, 0.2) is 0 Å². The van der Waals surface area contributed by atoms with Crippen LogP contribution in [0.5, 0.6) is 0 Å². The van der Waals surface area contributed by atoms with E-state index in [1.807, 2.05) is 45.0 Å². The summed E-state index contributed by atoms with van der Waals surface area (Å²) in [7, 11) is 1.89. The van der Waals surface area contributed by atoms with Crippen molar-refractivity contribution in [3.05, 3.63) is 30.4 Å². The van der Waals surface area contributed by atoms with Crippen molar-refractivity contribution < 1.29 is 4.79 Å². The lowest BCUT2D eigenvalue weighted by Crippen LogP contribution is -2.38. The van der Waals surface area contributed by atoms with E-state index in [9.17, 15) is 4.79 Å². The summed E-state index contributed by atoms with van der Waals surface area (Å²) in [5.74, 6) is 0.704. The minimum absolute atomic E-state index is 0.239. The highest BCUT2D eigenvalue weighted by Gasteiger charge is 2.32. The number of hydrogen-bond acceptors (Lipinski definition) is 4. The summed E-state index contributed by atoms with van der Waals surface area (Å²) < 4.78 is 1.79. The zero-order valence-electron chi connectivity index (χ0n) is 14.9. The van der Waals surface area contributed by atoms with Crippen LogP contribution in [0.3, 0.4) is 0 Å². The Hall–Kier alpha value is -2.24. The normalized spacial score (nSPS) is 18.2. The van der Waals surface area contributed by atoms with Gasteiger partial charge in [-0.1, -0.05) is 20.8 Å². The van der Waals surface area contributed by atoms with Gasteiger partial charge in [-0.15, -0.1) is 0 Å². The predicted octanol–water partition coefficient (Wildman–Crippen LogP) is 2.31. The average Bonchev–Trinajstić information content (AvgIpc) is 3.15. The lowest BCUT2D eigenvalue weighted by Gasteiger charge is -2.25. The van der Waals surface area contributed by atoms with Crippen LogP contribution in [0, 0.1) is 11.3 Å².